The SMILES string of the molecule is OCC1CCC(O)(CF)CC1. The fourth-order valence-electron chi connectivity index (χ4n) is 1.53. The molecule has 0 radical (unpaired) electrons. The Kier molecular flexibility index (Phi) is 2.84. The minimum atomic E-state index is -1.08. The van der Waals surface area contributed by atoms with Crippen LogP contribution in [0.25, 0.3) is 0 Å². The van der Waals surface area contributed by atoms with Gasteiger partial charge in [0.1, 0.15) is 6.67 Å². The van der Waals surface area contributed by atoms with E-state index >= 15 is 0 Å². The lowest BCUT2D eigenvalue weighted by Gasteiger charge is -2.32. The highest BCUT2D eigenvalue weighted by molar-refractivity contribution is 4.84. The van der Waals surface area contributed by atoms with E-state index in [0.29, 0.717) is 12.8 Å². The summed E-state index contributed by atoms with van der Waals surface area (Å²) in [5.74, 6) is 0.279. The quantitative estimate of drug-likeness (QED) is 0.632. The van der Waals surface area contributed by atoms with Gasteiger partial charge in [0.2, 0.25) is 0 Å². The molecule has 0 heterocycles. The Morgan fingerprint density at radius 3 is 2.27 bits per heavy atom. The minimum absolute atomic E-state index is 0.169. The predicted octanol–water partition coefficient (Wildman–Crippen LogP) is 0.869. The van der Waals surface area contributed by atoms with Crippen LogP contribution in [0.4, 0.5) is 4.39 Å². The van der Waals surface area contributed by atoms with Crippen LogP contribution in [0.5, 0.6) is 0 Å². The van der Waals surface area contributed by atoms with Gasteiger partial charge in [-0.1, -0.05) is 0 Å². The number of aliphatic hydroxyl groups is 2. The van der Waals surface area contributed by atoms with E-state index in [1.807, 2.05) is 0 Å². The van der Waals surface area contributed by atoms with Crippen molar-refractivity contribution in [1.29, 1.82) is 0 Å². The van der Waals surface area contributed by atoms with Gasteiger partial charge in [0.25, 0.3) is 0 Å². The first-order chi connectivity index (χ1) is 5.20. The maximum atomic E-state index is 12.2. The number of alkyl halides is 1. The molecule has 0 spiro atoms. The van der Waals surface area contributed by atoms with Gasteiger partial charge in [-0.25, -0.2) is 4.39 Å². The average Bonchev–Trinajstić information content (AvgIpc) is 2.06. The molecular formula is C8H15FO2. The van der Waals surface area contributed by atoms with Gasteiger partial charge in [-0.3, -0.25) is 0 Å². The highest BCUT2D eigenvalue weighted by atomic mass is 19.1. The Hall–Kier alpha value is -0.150. The molecule has 66 valence electrons. The highest BCUT2D eigenvalue weighted by Gasteiger charge is 2.32. The molecular weight excluding hydrogens is 147 g/mol. The Balaban J connectivity index is 2.35. The minimum Gasteiger partial charge on any atom is -0.396 e. The second kappa shape index (κ2) is 3.50. The Morgan fingerprint density at radius 2 is 1.91 bits per heavy atom. The zero-order valence-corrected chi connectivity index (χ0v) is 6.59. The third kappa shape index (κ3) is 2.14. The van der Waals surface area contributed by atoms with Crippen LogP contribution >= 0.6 is 0 Å². The molecule has 0 unspecified atom stereocenters. The summed E-state index contributed by atoms with van der Waals surface area (Å²) in [5, 5.41) is 18.2. The van der Waals surface area contributed by atoms with Crippen molar-refractivity contribution in [3.63, 3.8) is 0 Å². The summed E-state index contributed by atoms with van der Waals surface area (Å²) in [6.45, 7) is -0.479. The fraction of sp³-hybridized carbons (Fsp3) is 1.00. The second-order valence-corrected chi connectivity index (χ2v) is 3.48. The number of hydrogen-bond acceptors (Lipinski definition) is 2. The topological polar surface area (TPSA) is 40.5 Å². The Morgan fingerprint density at radius 1 is 1.36 bits per heavy atom. The van der Waals surface area contributed by atoms with Crippen LogP contribution < -0.4 is 0 Å². The number of halogens is 1. The molecule has 1 fully saturated rings. The van der Waals surface area contributed by atoms with E-state index in [9.17, 15) is 9.50 Å². The number of aliphatic hydroxyl groups excluding tert-OH is 1. The van der Waals surface area contributed by atoms with Crippen molar-refractivity contribution in [2.45, 2.75) is 31.3 Å². The van der Waals surface area contributed by atoms with Crippen LogP contribution in [0.1, 0.15) is 25.7 Å². The molecule has 2 N–H and O–H groups in total. The van der Waals surface area contributed by atoms with Gasteiger partial charge >= 0.3 is 0 Å². The molecule has 1 aliphatic rings. The number of hydrogen-bond donors (Lipinski definition) is 2. The standard InChI is InChI=1S/C8H15FO2/c9-6-8(11)3-1-7(5-10)2-4-8/h7,10-11H,1-6H2. The summed E-state index contributed by atoms with van der Waals surface area (Å²) in [6, 6.07) is 0. The molecule has 0 saturated heterocycles. The van der Waals surface area contributed by atoms with Crippen LogP contribution in [-0.2, 0) is 0 Å². The molecule has 0 bridgehead atoms. The van der Waals surface area contributed by atoms with Gasteiger partial charge in [0.15, 0.2) is 0 Å². The van der Waals surface area contributed by atoms with Crippen LogP contribution in [-0.4, -0.2) is 29.1 Å². The smallest absolute Gasteiger partial charge is 0.118 e. The maximum Gasteiger partial charge on any atom is 0.118 e. The summed E-state index contributed by atoms with van der Waals surface area (Å²) in [4.78, 5) is 0. The van der Waals surface area contributed by atoms with Crippen molar-refractivity contribution >= 4 is 0 Å². The van der Waals surface area contributed by atoms with E-state index in [-0.39, 0.29) is 12.5 Å². The van der Waals surface area contributed by atoms with E-state index in [1.54, 1.807) is 0 Å². The van der Waals surface area contributed by atoms with Crippen molar-refractivity contribution in [3.8, 4) is 0 Å². The van der Waals surface area contributed by atoms with Crippen LogP contribution in [0, 0.1) is 5.92 Å². The number of rotatable bonds is 2. The van der Waals surface area contributed by atoms with Gasteiger partial charge in [-0.05, 0) is 31.6 Å². The Labute approximate surface area is 66.0 Å². The van der Waals surface area contributed by atoms with Crippen molar-refractivity contribution in [2.75, 3.05) is 13.3 Å². The summed E-state index contributed by atoms with van der Waals surface area (Å²) in [5.41, 5.74) is -1.08. The van der Waals surface area contributed by atoms with Crippen molar-refractivity contribution in [2.24, 2.45) is 5.92 Å². The lowest BCUT2D eigenvalue weighted by molar-refractivity contribution is -0.0340. The van der Waals surface area contributed by atoms with E-state index < -0.39 is 12.3 Å². The van der Waals surface area contributed by atoms with E-state index in [2.05, 4.69) is 0 Å². The molecule has 1 aliphatic carbocycles. The summed E-state index contributed by atoms with van der Waals surface area (Å²) >= 11 is 0. The molecule has 0 aliphatic heterocycles. The normalized spacial score (nSPS) is 39.0. The van der Waals surface area contributed by atoms with E-state index in [4.69, 9.17) is 5.11 Å². The van der Waals surface area contributed by atoms with Crippen molar-refractivity contribution < 1.29 is 14.6 Å². The Bertz CT molecular complexity index is 119. The van der Waals surface area contributed by atoms with Crippen LogP contribution in [0.15, 0.2) is 0 Å². The van der Waals surface area contributed by atoms with Gasteiger partial charge < -0.3 is 10.2 Å². The summed E-state index contributed by atoms with van der Waals surface area (Å²) in [7, 11) is 0. The van der Waals surface area contributed by atoms with E-state index in [0.717, 1.165) is 12.8 Å². The van der Waals surface area contributed by atoms with Gasteiger partial charge in [0, 0.05) is 6.61 Å². The monoisotopic (exact) mass is 162 g/mol. The molecule has 0 aromatic carbocycles. The fourth-order valence-corrected chi connectivity index (χ4v) is 1.53. The largest absolute Gasteiger partial charge is 0.396 e. The lowest BCUT2D eigenvalue weighted by atomic mass is 9.80. The predicted molar refractivity (Wildman–Crippen MR) is 40.0 cm³/mol. The first-order valence-electron chi connectivity index (χ1n) is 4.09. The van der Waals surface area contributed by atoms with E-state index in [1.165, 1.54) is 0 Å². The van der Waals surface area contributed by atoms with Gasteiger partial charge in [0.05, 0.1) is 5.60 Å². The zero-order chi connectivity index (χ0) is 8.32. The second-order valence-electron chi connectivity index (χ2n) is 3.48. The first-order valence-corrected chi connectivity index (χ1v) is 4.09. The molecule has 2 nitrogen and oxygen atoms in total. The average molecular weight is 162 g/mol. The molecule has 0 amide bonds. The van der Waals surface area contributed by atoms with Crippen LogP contribution in [0.2, 0.25) is 0 Å². The van der Waals surface area contributed by atoms with Gasteiger partial charge in [-0.2, -0.15) is 0 Å². The van der Waals surface area contributed by atoms with Crippen molar-refractivity contribution in [3.05, 3.63) is 0 Å². The van der Waals surface area contributed by atoms with Crippen molar-refractivity contribution in [1.82, 2.24) is 0 Å². The molecule has 3 heteroatoms. The third-order valence-electron chi connectivity index (χ3n) is 2.54. The highest BCUT2D eigenvalue weighted by Crippen LogP contribution is 2.31. The molecule has 0 aromatic heterocycles. The van der Waals surface area contributed by atoms with Crippen LogP contribution in [0.3, 0.4) is 0 Å². The molecule has 1 rings (SSSR count). The molecule has 0 aromatic rings. The molecule has 1 saturated carbocycles. The molecule has 11 heavy (non-hydrogen) atoms. The summed E-state index contributed by atoms with van der Waals surface area (Å²) in [6.07, 6.45) is 2.48. The first kappa shape index (κ1) is 8.94. The van der Waals surface area contributed by atoms with Gasteiger partial charge in [-0.15, -0.1) is 0 Å². The molecule has 0 atom stereocenters. The summed E-state index contributed by atoms with van der Waals surface area (Å²) < 4.78 is 12.2. The third-order valence-corrected chi connectivity index (χ3v) is 2.54. The lowest BCUT2D eigenvalue weighted by Crippen LogP contribution is -2.36. The zero-order valence-electron chi connectivity index (χ0n) is 6.59. The maximum absolute atomic E-state index is 12.2.